The van der Waals surface area contributed by atoms with Crippen LogP contribution in [0, 0.1) is 5.92 Å². The first-order valence-corrected chi connectivity index (χ1v) is 8.41. The van der Waals surface area contributed by atoms with Crippen LogP contribution in [0.2, 0.25) is 0 Å². The highest BCUT2D eigenvalue weighted by atomic mass is 16.2. The fourth-order valence-electron chi connectivity index (χ4n) is 3.69. The van der Waals surface area contributed by atoms with Crippen LogP contribution in [0.1, 0.15) is 34.9 Å². The minimum absolute atomic E-state index is 0.0197. The summed E-state index contributed by atoms with van der Waals surface area (Å²) in [6.07, 6.45) is 7.96. The fraction of sp³-hybridized carbons (Fsp3) is 0.500. The van der Waals surface area contributed by atoms with Crippen molar-refractivity contribution in [2.75, 3.05) is 27.2 Å². The predicted octanol–water partition coefficient (Wildman–Crippen LogP) is 1.97. The van der Waals surface area contributed by atoms with Crippen molar-refractivity contribution in [3.8, 4) is 0 Å². The Morgan fingerprint density at radius 3 is 2.88 bits per heavy atom. The number of carbonyl (C=O) groups excluding carboxylic acids is 1. The zero-order chi connectivity index (χ0) is 17.1. The van der Waals surface area contributed by atoms with Crippen molar-refractivity contribution in [1.82, 2.24) is 24.6 Å². The van der Waals surface area contributed by atoms with Gasteiger partial charge in [0.2, 0.25) is 0 Å². The van der Waals surface area contributed by atoms with Gasteiger partial charge in [0.05, 0.1) is 6.20 Å². The topological polar surface area (TPSA) is 54.3 Å². The third-order valence-electron chi connectivity index (χ3n) is 4.81. The molecule has 0 radical (unpaired) electrons. The highest BCUT2D eigenvalue weighted by Crippen LogP contribution is 2.35. The van der Waals surface area contributed by atoms with E-state index in [9.17, 15) is 4.79 Å². The Hall–Kier alpha value is -2.21. The lowest BCUT2D eigenvalue weighted by molar-refractivity contribution is 0.0640. The first-order valence-electron chi connectivity index (χ1n) is 8.41. The molecule has 1 fully saturated rings. The third kappa shape index (κ3) is 3.48. The minimum atomic E-state index is -0.0197. The summed E-state index contributed by atoms with van der Waals surface area (Å²) in [5, 5.41) is 4.32. The zero-order valence-corrected chi connectivity index (χ0v) is 14.6. The molecule has 1 aliphatic heterocycles. The number of nitrogens with zero attached hydrogens (tertiary/aromatic N) is 5. The molecule has 0 aliphatic carbocycles. The van der Waals surface area contributed by atoms with E-state index >= 15 is 0 Å². The van der Waals surface area contributed by atoms with Gasteiger partial charge in [-0.25, -0.2) is 0 Å². The maximum atomic E-state index is 12.6. The monoisotopic (exact) mass is 327 g/mol. The van der Waals surface area contributed by atoms with E-state index in [1.54, 1.807) is 17.2 Å². The van der Waals surface area contributed by atoms with E-state index in [0.29, 0.717) is 17.7 Å². The molecule has 0 bridgehead atoms. The Morgan fingerprint density at radius 2 is 2.21 bits per heavy atom. The number of rotatable bonds is 4. The van der Waals surface area contributed by atoms with Crippen molar-refractivity contribution >= 4 is 5.91 Å². The van der Waals surface area contributed by atoms with Crippen molar-refractivity contribution in [2.24, 2.45) is 13.0 Å². The minimum Gasteiger partial charge on any atom is -0.340 e. The second-order valence-electron chi connectivity index (χ2n) is 6.68. The molecule has 128 valence electrons. The second kappa shape index (κ2) is 7.13. The molecule has 0 unspecified atom stereocenters. The van der Waals surface area contributed by atoms with E-state index in [2.05, 4.69) is 28.2 Å². The van der Waals surface area contributed by atoms with E-state index in [0.717, 1.165) is 25.9 Å². The Labute approximate surface area is 143 Å². The van der Waals surface area contributed by atoms with E-state index in [4.69, 9.17) is 0 Å². The Kier molecular flexibility index (Phi) is 4.94. The van der Waals surface area contributed by atoms with Gasteiger partial charge in [0.25, 0.3) is 5.91 Å². The molecule has 2 aromatic rings. The van der Waals surface area contributed by atoms with Crippen LogP contribution >= 0.6 is 0 Å². The number of hydrogen-bond acceptors (Lipinski definition) is 4. The van der Waals surface area contributed by atoms with Crippen LogP contribution in [0.5, 0.6) is 0 Å². The summed E-state index contributed by atoms with van der Waals surface area (Å²) in [7, 11) is 5.97. The normalized spacial score (nSPS) is 21.6. The number of aryl methyl sites for hydroxylation is 1. The molecule has 1 amide bonds. The predicted molar refractivity (Wildman–Crippen MR) is 92.5 cm³/mol. The summed E-state index contributed by atoms with van der Waals surface area (Å²) in [6, 6.07) is 5.74. The highest BCUT2D eigenvalue weighted by molar-refractivity contribution is 5.92. The molecule has 0 saturated carbocycles. The summed E-state index contributed by atoms with van der Waals surface area (Å²) in [6.45, 7) is 1.80. The number of carbonyl (C=O) groups is 1. The SMILES string of the molecule is CN(C[C@@H]1CCCN(C)[C@H]1c1cnn(C)c1)C(=O)c1ccccn1. The van der Waals surface area contributed by atoms with Crippen molar-refractivity contribution in [3.05, 3.63) is 48.0 Å². The van der Waals surface area contributed by atoms with Crippen LogP contribution in [0.25, 0.3) is 0 Å². The van der Waals surface area contributed by atoms with Gasteiger partial charge in [-0.15, -0.1) is 0 Å². The molecule has 2 atom stereocenters. The van der Waals surface area contributed by atoms with Crippen LogP contribution in [-0.2, 0) is 7.05 Å². The van der Waals surface area contributed by atoms with Gasteiger partial charge in [-0.3, -0.25) is 19.4 Å². The molecule has 1 saturated heterocycles. The molecule has 0 N–H and O–H groups in total. The molecule has 6 nitrogen and oxygen atoms in total. The molecular weight excluding hydrogens is 302 g/mol. The molecule has 2 aromatic heterocycles. The quantitative estimate of drug-likeness (QED) is 0.861. The van der Waals surface area contributed by atoms with E-state index in [1.807, 2.05) is 37.1 Å². The fourth-order valence-corrected chi connectivity index (χ4v) is 3.69. The first kappa shape index (κ1) is 16.6. The van der Waals surface area contributed by atoms with Crippen molar-refractivity contribution < 1.29 is 4.79 Å². The second-order valence-corrected chi connectivity index (χ2v) is 6.68. The lowest BCUT2D eigenvalue weighted by Crippen LogP contribution is -2.42. The number of pyridine rings is 1. The van der Waals surface area contributed by atoms with Gasteiger partial charge in [-0.05, 0) is 44.5 Å². The van der Waals surface area contributed by atoms with Gasteiger partial charge in [0, 0.05) is 44.6 Å². The Balaban J connectivity index is 1.75. The Bertz CT molecular complexity index is 684. The number of piperidine rings is 1. The molecule has 24 heavy (non-hydrogen) atoms. The number of likely N-dealkylation sites (tertiary alicyclic amines) is 1. The summed E-state index contributed by atoms with van der Waals surface area (Å²) >= 11 is 0. The number of amides is 1. The largest absolute Gasteiger partial charge is 0.340 e. The lowest BCUT2D eigenvalue weighted by Gasteiger charge is -2.40. The average molecular weight is 327 g/mol. The zero-order valence-electron chi connectivity index (χ0n) is 14.6. The first-order chi connectivity index (χ1) is 11.6. The van der Waals surface area contributed by atoms with E-state index in [-0.39, 0.29) is 5.91 Å². The van der Waals surface area contributed by atoms with Crippen LogP contribution < -0.4 is 0 Å². The molecule has 6 heteroatoms. The van der Waals surface area contributed by atoms with Crippen LogP contribution in [0.15, 0.2) is 36.8 Å². The van der Waals surface area contributed by atoms with Gasteiger partial charge in [0.15, 0.2) is 0 Å². The van der Waals surface area contributed by atoms with E-state index in [1.165, 1.54) is 5.56 Å². The maximum absolute atomic E-state index is 12.6. The summed E-state index contributed by atoms with van der Waals surface area (Å²) in [5.41, 5.74) is 1.73. The van der Waals surface area contributed by atoms with E-state index < -0.39 is 0 Å². The summed E-state index contributed by atoms with van der Waals surface area (Å²) < 4.78 is 1.84. The van der Waals surface area contributed by atoms with Crippen molar-refractivity contribution in [3.63, 3.8) is 0 Å². The Morgan fingerprint density at radius 1 is 1.38 bits per heavy atom. The standard InChI is InChI=1S/C18H25N5O/c1-21-10-6-7-14(17(21)15-11-20-23(3)13-15)12-22(2)18(24)16-8-4-5-9-19-16/h4-5,8-9,11,13-14,17H,6-7,10,12H2,1-3H3/t14-,17+/m0/s1. The molecule has 3 rings (SSSR count). The van der Waals surface area contributed by atoms with Crippen molar-refractivity contribution in [2.45, 2.75) is 18.9 Å². The highest BCUT2D eigenvalue weighted by Gasteiger charge is 2.33. The van der Waals surface area contributed by atoms with Gasteiger partial charge in [-0.1, -0.05) is 6.07 Å². The van der Waals surface area contributed by atoms with Crippen molar-refractivity contribution in [1.29, 1.82) is 0 Å². The van der Waals surface area contributed by atoms with Gasteiger partial charge < -0.3 is 4.90 Å². The molecular formula is C18H25N5O. The summed E-state index contributed by atoms with van der Waals surface area (Å²) in [4.78, 5) is 20.9. The van der Waals surface area contributed by atoms with Crippen LogP contribution in [0.4, 0.5) is 0 Å². The third-order valence-corrected chi connectivity index (χ3v) is 4.81. The maximum Gasteiger partial charge on any atom is 0.272 e. The molecule has 1 aliphatic rings. The van der Waals surface area contributed by atoms with Gasteiger partial charge in [-0.2, -0.15) is 5.10 Å². The smallest absolute Gasteiger partial charge is 0.272 e. The lowest BCUT2D eigenvalue weighted by atomic mass is 9.85. The molecule has 0 aromatic carbocycles. The number of aromatic nitrogens is 3. The average Bonchev–Trinajstić information content (AvgIpc) is 3.01. The van der Waals surface area contributed by atoms with Crippen LogP contribution in [-0.4, -0.2) is 57.7 Å². The molecule has 0 spiro atoms. The summed E-state index contributed by atoms with van der Waals surface area (Å²) in [5.74, 6) is 0.374. The number of hydrogen-bond donors (Lipinski definition) is 0. The van der Waals surface area contributed by atoms with Gasteiger partial charge >= 0.3 is 0 Å². The van der Waals surface area contributed by atoms with Crippen LogP contribution in [0.3, 0.4) is 0 Å². The van der Waals surface area contributed by atoms with Gasteiger partial charge in [0.1, 0.15) is 5.69 Å². The molecule has 3 heterocycles.